The fourth-order valence-corrected chi connectivity index (χ4v) is 3.07. The van der Waals surface area contributed by atoms with E-state index in [0.717, 1.165) is 0 Å². The second kappa shape index (κ2) is 9.14. The molecule has 0 aromatic carbocycles. The van der Waals surface area contributed by atoms with Crippen molar-refractivity contribution in [1.29, 1.82) is 0 Å². The van der Waals surface area contributed by atoms with Crippen LogP contribution >= 0.6 is 0 Å². The van der Waals surface area contributed by atoms with Crippen molar-refractivity contribution in [2.24, 2.45) is 5.73 Å². The Balaban J connectivity index is 2.14. The number of hydrogen-bond donors (Lipinski definition) is 9. The third-order valence-corrected chi connectivity index (χ3v) is 4.66. The average Bonchev–Trinajstić information content (AvgIpc) is 2.65. The highest BCUT2D eigenvalue weighted by atomic mass is 16.7. The van der Waals surface area contributed by atoms with Gasteiger partial charge in [-0.3, -0.25) is 0 Å². The number of aliphatic hydroxyl groups is 8. The van der Waals surface area contributed by atoms with Crippen LogP contribution in [0.5, 0.6) is 0 Å². The van der Waals surface area contributed by atoms with Gasteiger partial charge in [0.15, 0.2) is 6.29 Å². The van der Waals surface area contributed by atoms with E-state index in [4.69, 9.17) is 19.9 Å². The van der Waals surface area contributed by atoms with Gasteiger partial charge in [0.25, 0.3) is 0 Å². The predicted octanol–water partition coefficient (Wildman–Crippen LogP) is -6.03. The quantitative estimate of drug-likeness (QED) is 0.209. The minimum Gasteiger partial charge on any atom is -0.394 e. The molecule has 0 bridgehead atoms. The molecule has 0 spiro atoms. The van der Waals surface area contributed by atoms with Gasteiger partial charge in [-0.1, -0.05) is 0 Å². The van der Waals surface area contributed by atoms with Gasteiger partial charge in [-0.15, -0.1) is 0 Å². The molecule has 0 aromatic heterocycles. The molecule has 2 aliphatic heterocycles. The summed E-state index contributed by atoms with van der Waals surface area (Å²) in [5, 5.41) is 78.4. The summed E-state index contributed by atoms with van der Waals surface area (Å²) < 4.78 is 15.9. The lowest BCUT2D eigenvalue weighted by Crippen LogP contribution is -2.66. The van der Waals surface area contributed by atoms with E-state index >= 15 is 0 Å². The standard InChI is InChI=1S/C14H27NO11/c15-1-4(18)12-9(21)10(22)13(6(3-17)24-12)26-14-11(23)8(20)7(19)5(2-16)25-14/h4-14,16-23H,1-3,15H2/t4?,5-,6-,7+,8+,9-,10-,11-,12?,13-,14+/m1/s1. The molecular formula is C14H27NO11. The third-order valence-electron chi connectivity index (χ3n) is 4.66. The summed E-state index contributed by atoms with van der Waals surface area (Å²) >= 11 is 0. The van der Waals surface area contributed by atoms with E-state index in [0.29, 0.717) is 0 Å². The van der Waals surface area contributed by atoms with Crippen LogP contribution in [0.3, 0.4) is 0 Å². The maximum Gasteiger partial charge on any atom is 0.187 e. The second-order valence-electron chi connectivity index (χ2n) is 6.40. The molecule has 10 N–H and O–H groups in total. The largest absolute Gasteiger partial charge is 0.394 e. The highest BCUT2D eigenvalue weighted by Crippen LogP contribution is 2.29. The molecule has 154 valence electrons. The molecule has 11 atom stereocenters. The molecular weight excluding hydrogens is 358 g/mol. The van der Waals surface area contributed by atoms with Crippen molar-refractivity contribution in [3.63, 3.8) is 0 Å². The molecule has 12 nitrogen and oxygen atoms in total. The summed E-state index contributed by atoms with van der Waals surface area (Å²) in [6.07, 6.45) is -16.3. The van der Waals surface area contributed by atoms with Crippen LogP contribution in [0, 0.1) is 0 Å². The fraction of sp³-hybridized carbons (Fsp3) is 1.00. The van der Waals surface area contributed by atoms with Gasteiger partial charge < -0.3 is 60.8 Å². The highest BCUT2D eigenvalue weighted by Gasteiger charge is 2.51. The van der Waals surface area contributed by atoms with Crippen LogP contribution in [-0.2, 0) is 14.2 Å². The van der Waals surface area contributed by atoms with Crippen molar-refractivity contribution in [2.45, 2.75) is 67.3 Å². The molecule has 2 fully saturated rings. The molecule has 0 aromatic rings. The smallest absolute Gasteiger partial charge is 0.187 e. The normalized spacial score (nSPS) is 48.3. The maximum atomic E-state index is 10.3. The van der Waals surface area contributed by atoms with E-state index in [-0.39, 0.29) is 6.54 Å². The Morgan fingerprint density at radius 3 is 1.96 bits per heavy atom. The Labute approximate surface area is 149 Å². The molecule has 2 aliphatic rings. The minimum atomic E-state index is -1.73. The van der Waals surface area contributed by atoms with Gasteiger partial charge in [0, 0.05) is 6.54 Å². The zero-order chi connectivity index (χ0) is 19.6. The Hall–Kier alpha value is -0.480. The molecule has 0 saturated carbocycles. The Morgan fingerprint density at radius 2 is 1.42 bits per heavy atom. The van der Waals surface area contributed by atoms with Gasteiger partial charge in [0.2, 0.25) is 0 Å². The lowest BCUT2D eigenvalue weighted by Gasteiger charge is -2.46. The van der Waals surface area contributed by atoms with Gasteiger partial charge in [0.05, 0.1) is 19.3 Å². The van der Waals surface area contributed by atoms with Gasteiger partial charge in [0.1, 0.15) is 54.9 Å². The number of hydrogen-bond acceptors (Lipinski definition) is 12. The number of rotatable bonds is 6. The Morgan fingerprint density at radius 1 is 0.808 bits per heavy atom. The number of aliphatic hydroxyl groups excluding tert-OH is 8. The molecule has 2 rings (SSSR count). The monoisotopic (exact) mass is 385 g/mol. The van der Waals surface area contributed by atoms with Crippen LogP contribution in [0.1, 0.15) is 0 Å². The fourth-order valence-electron chi connectivity index (χ4n) is 3.07. The maximum absolute atomic E-state index is 10.3. The van der Waals surface area contributed by atoms with Crippen LogP contribution in [0.2, 0.25) is 0 Å². The van der Waals surface area contributed by atoms with Gasteiger partial charge >= 0.3 is 0 Å². The van der Waals surface area contributed by atoms with Crippen molar-refractivity contribution in [2.75, 3.05) is 19.8 Å². The van der Waals surface area contributed by atoms with Crippen molar-refractivity contribution in [1.82, 2.24) is 0 Å². The molecule has 0 aliphatic carbocycles. The summed E-state index contributed by atoms with van der Waals surface area (Å²) in [5.41, 5.74) is 5.31. The number of nitrogens with two attached hydrogens (primary N) is 1. The summed E-state index contributed by atoms with van der Waals surface area (Å²) in [5.74, 6) is 0. The van der Waals surface area contributed by atoms with Crippen molar-refractivity contribution in [3.05, 3.63) is 0 Å². The van der Waals surface area contributed by atoms with Gasteiger partial charge in [-0.25, -0.2) is 0 Å². The van der Waals surface area contributed by atoms with Crippen LogP contribution in [0.25, 0.3) is 0 Å². The van der Waals surface area contributed by atoms with E-state index in [2.05, 4.69) is 0 Å². The first-order valence-corrected chi connectivity index (χ1v) is 8.23. The van der Waals surface area contributed by atoms with Crippen LogP contribution in [0.4, 0.5) is 0 Å². The Bertz CT molecular complexity index is 439. The van der Waals surface area contributed by atoms with E-state index < -0.39 is 80.5 Å². The summed E-state index contributed by atoms with van der Waals surface area (Å²) in [6, 6.07) is 0. The van der Waals surface area contributed by atoms with Crippen LogP contribution < -0.4 is 5.73 Å². The molecule has 2 saturated heterocycles. The van der Waals surface area contributed by atoms with Gasteiger partial charge in [-0.2, -0.15) is 0 Å². The van der Waals surface area contributed by atoms with Crippen molar-refractivity contribution < 1.29 is 55.1 Å². The molecule has 0 radical (unpaired) electrons. The molecule has 0 amide bonds. The zero-order valence-corrected chi connectivity index (χ0v) is 13.9. The van der Waals surface area contributed by atoms with Crippen molar-refractivity contribution >= 4 is 0 Å². The van der Waals surface area contributed by atoms with E-state index in [1.165, 1.54) is 0 Å². The van der Waals surface area contributed by atoms with Crippen molar-refractivity contribution in [3.8, 4) is 0 Å². The lowest BCUT2D eigenvalue weighted by atomic mass is 9.92. The topological polar surface area (TPSA) is 216 Å². The number of ether oxygens (including phenoxy) is 3. The molecule has 26 heavy (non-hydrogen) atoms. The van der Waals surface area contributed by atoms with Crippen LogP contribution in [0.15, 0.2) is 0 Å². The third kappa shape index (κ3) is 4.16. The minimum absolute atomic E-state index is 0.259. The summed E-state index contributed by atoms with van der Waals surface area (Å²) in [4.78, 5) is 0. The predicted molar refractivity (Wildman–Crippen MR) is 81.5 cm³/mol. The SMILES string of the molecule is NCC(O)C1O[C@H](CO)[C@@H](O[C@@H]2O[C@H](CO)[C@H](O)[C@H](O)[C@H]2O)[C@H](O)[C@H]1O. The lowest BCUT2D eigenvalue weighted by molar-refractivity contribution is -0.345. The zero-order valence-electron chi connectivity index (χ0n) is 13.9. The first-order chi connectivity index (χ1) is 12.3. The molecule has 12 heteroatoms. The summed E-state index contributed by atoms with van der Waals surface area (Å²) in [7, 11) is 0. The first-order valence-electron chi connectivity index (χ1n) is 8.23. The second-order valence-corrected chi connectivity index (χ2v) is 6.40. The molecule has 2 unspecified atom stereocenters. The van der Waals surface area contributed by atoms with E-state index in [9.17, 15) is 40.9 Å². The van der Waals surface area contributed by atoms with Crippen LogP contribution in [-0.4, -0.2) is 128 Å². The average molecular weight is 385 g/mol. The first kappa shape index (κ1) is 21.8. The molecule has 2 heterocycles. The van der Waals surface area contributed by atoms with E-state index in [1.807, 2.05) is 0 Å². The Kier molecular flexibility index (Phi) is 7.67. The van der Waals surface area contributed by atoms with Gasteiger partial charge in [-0.05, 0) is 0 Å². The highest BCUT2D eigenvalue weighted by molar-refractivity contribution is 4.97. The van der Waals surface area contributed by atoms with E-state index in [1.54, 1.807) is 0 Å². The summed E-state index contributed by atoms with van der Waals surface area (Å²) in [6.45, 7) is -1.60.